The van der Waals surface area contributed by atoms with Gasteiger partial charge in [0.2, 0.25) is 11.8 Å². The molecule has 14 nitrogen and oxygen atoms in total. The molecule has 0 saturated heterocycles. The molecule has 1 atom stereocenters. The van der Waals surface area contributed by atoms with Gasteiger partial charge in [-0.2, -0.15) is 0 Å². The zero-order valence-corrected chi connectivity index (χ0v) is 24.9. The van der Waals surface area contributed by atoms with Gasteiger partial charge in [-0.05, 0) is 55.7 Å². The average molecular weight is 595 g/mol. The van der Waals surface area contributed by atoms with Gasteiger partial charge in [-0.3, -0.25) is 14.6 Å². The predicted molar refractivity (Wildman–Crippen MR) is 159 cm³/mol. The molecular formula is C28H46N6O8. The van der Waals surface area contributed by atoms with Crippen LogP contribution in [0.3, 0.4) is 0 Å². The van der Waals surface area contributed by atoms with Crippen molar-refractivity contribution >= 4 is 29.8 Å². The Balaban J connectivity index is 0.00000821. The maximum absolute atomic E-state index is 12.2. The normalized spacial score (nSPS) is 11.1. The van der Waals surface area contributed by atoms with Gasteiger partial charge in [0.15, 0.2) is 17.5 Å². The number of carbonyl (C=O) groups excluding carboxylic acids is 3. The minimum Gasteiger partial charge on any atom is -0.493 e. The van der Waals surface area contributed by atoms with Gasteiger partial charge in [0.1, 0.15) is 12.6 Å². The van der Waals surface area contributed by atoms with Crippen LogP contribution in [0.25, 0.3) is 0 Å². The first-order chi connectivity index (χ1) is 20.0. The number of nitrogens with zero attached hydrogens (tertiary/aromatic N) is 1. The minimum atomic E-state index is -1.23. The van der Waals surface area contributed by atoms with Crippen LogP contribution in [-0.2, 0) is 20.9 Å². The number of nitrogens with one attached hydrogen (secondary N) is 3. The van der Waals surface area contributed by atoms with Gasteiger partial charge < -0.3 is 47.1 Å². The van der Waals surface area contributed by atoms with Crippen LogP contribution >= 0.6 is 0 Å². The molecule has 0 aliphatic carbocycles. The number of carbonyl (C=O) groups is 4. The average Bonchev–Trinajstić information content (AvgIpc) is 2.95. The summed E-state index contributed by atoms with van der Waals surface area (Å²) in [6.45, 7) is 4.24. The summed E-state index contributed by atoms with van der Waals surface area (Å²) in [5, 5.41) is 23.7. The first-order valence-electron chi connectivity index (χ1n) is 13.6. The molecular weight excluding hydrogens is 548 g/mol. The van der Waals surface area contributed by atoms with Crippen molar-refractivity contribution < 1.29 is 38.9 Å². The Morgan fingerprint density at radius 1 is 1.02 bits per heavy atom. The second-order valence-electron chi connectivity index (χ2n) is 9.33. The van der Waals surface area contributed by atoms with Crippen molar-refractivity contribution in [2.75, 3.05) is 27.3 Å². The second-order valence-corrected chi connectivity index (χ2v) is 9.33. The number of allylic oxidation sites excluding steroid dienone is 2. The molecule has 236 valence electrons. The van der Waals surface area contributed by atoms with E-state index >= 15 is 0 Å². The molecule has 0 saturated carbocycles. The maximum Gasteiger partial charge on any atom is 0.413 e. The SMILES string of the molecule is CO.COc1cc(CNC(=O)CCCC/C=C/C(C)C)ccc1OC(=O)NCC(=O)NC(CCCN=C(N)N)C(=O)O. The molecule has 42 heavy (non-hydrogen) atoms. The van der Waals surface area contributed by atoms with Crippen LogP contribution in [0, 0.1) is 5.92 Å². The molecule has 3 amide bonds. The smallest absolute Gasteiger partial charge is 0.413 e. The number of benzene rings is 1. The number of unbranched alkanes of at least 4 members (excludes halogenated alkanes) is 2. The van der Waals surface area contributed by atoms with Crippen LogP contribution in [0.1, 0.15) is 57.9 Å². The third kappa shape index (κ3) is 18.1. The molecule has 1 rings (SSSR count). The summed E-state index contributed by atoms with van der Waals surface area (Å²) in [5.74, 6) is -1.21. The number of aliphatic hydroxyl groups excluding tert-OH is 1. The number of aliphatic hydroxyl groups is 1. The molecule has 0 aromatic heterocycles. The molecule has 1 unspecified atom stereocenters. The number of amides is 3. The first kappa shape index (κ1) is 37.7. The van der Waals surface area contributed by atoms with Crippen LogP contribution in [0.2, 0.25) is 0 Å². The van der Waals surface area contributed by atoms with Gasteiger partial charge in [-0.1, -0.05) is 32.1 Å². The Kier molecular flexibility index (Phi) is 20.1. The molecule has 9 N–H and O–H groups in total. The van der Waals surface area contributed by atoms with Crippen molar-refractivity contribution in [3.05, 3.63) is 35.9 Å². The summed E-state index contributed by atoms with van der Waals surface area (Å²) in [5.41, 5.74) is 11.2. The lowest BCUT2D eigenvalue weighted by Crippen LogP contribution is -2.46. The lowest BCUT2D eigenvalue weighted by Gasteiger charge is -2.15. The molecule has 1 aromatic carbocycles. The summed E-state index contributed by atoms with van der Waals surface area (Å²) < 4.78 is 10.5. The number of carboxylic acids is 1. The molecule has 0 spiro atoms. The molecule has 0 heterocycles. The van der Waals surface area contributed by atoms with E-state index < -0.39 is 30.6 Å². The predicted octanol–water partition coefficient (Wildman–Crippen LogP) is 1.40. The van der Waals surface area contributed by atoms with Gasteiger partial charge >= 0.3 is 12.1 Å². The zero-order valence-electron chi connectivity index (χ0n) is 24.9. The van der Waals surface area contributed by atoms with Crippen molar-refractivity contribution in [3.63, 3.8) is 0 Å². The third-order valence-corrected chi connectivity index (χ3v) is 5.44. The summed E-state index contributed by atoms with van der Waals surface area (Å²) in [7, 11) is 2.41. The van der Waals surface area contributed by atoms with Crippen molar-refractivity contribution in [1.29, 1.82) is 0 Å². The van der Waals surface area contributed by atoms with Crippen molar-refractivity contribution in [3.8, 4) is 11.5 Å². The topological polar surface area (TPSA) is 228 Å². The number of hydrogen-bond donors (Lipinski definition) is 7. The van der Waals surface area contributed by atoms with Crippen LogP contribution in [0.15, 0.2) is 35.3 Å². The molecule has 0 radical (unpaired) electrons. The Hall–Kier alpha value is -4.33. The number of nitrogens with two attached hydrogens (primary N) is 2. The molecule has 1 aromatic rings. The van der Waals surface area contributed by atoms with Gasteiger partial charge in [-0.25, -0.2) is 9.59 Å². The van der Waals surface area contributed by atoms with Crippen molar-refractivity contribution in [2.24, 2.45) is 22.4 Å². The molecule has 0 bridgehead atoms. The number of aliphatic imine (C=N–C) groups is 1. The Morgan fingerprint density at radius 2 is 1.74 bits per heavy atom. The van der Waals surface area contributed by atoms with E-state index in [-0.39, 0.29) is 42.9 Å². The molecule has 0 aliphatic heterocycles. The molecule has 14 heteroatoms. The lowest BCUT2D eigenvalue weighted by atomic mass is 10.1. The Morgan fingerprint density at radius 3 is 2.36 bits per heavy atom. The van der Waals surface area contributed by atoms with E-state index in [0.717, 1.165) is 31.9 Å². The molecule has 0 aliphatic rings. The number of aliphatic carboxylic acids is 1. The number of hydrogen-bond acceptors (Lipinski definition) is 8. The monoisotopic (exact) mass is 594 g/mol. The largest absolute Gasteiger partial charge is 0.493 e. The fourth-order valence-corrected chi connectivity index (χ4v) is 3.41. The van der Waals surface area contributed by atoms with Gasteiger partial charge in [0, 0.05) is 26.6 Å². The van der Waals surface area contributed by atoms with Crippen molar-refractivity contribution in [2.45, 2.75) is 65.0 Å². The van der Waals surface area contributed by atoms with Gasteiger partial charge in [0.25, 0.3) is 0 Å². The van der Waals surface area contributed by atoms with Crippen LogP contribution in [-0.4, -0.2) is 73.4 Å². The van der Waals surface area contributed by atoms with E-state index in [9.17, 15) is 24.3 Å². The highest BCUT2D eigenvalue weighted by molar-refractivity contribution is 5.87. The van der Waals surface area contributed by atoms with Gasteiger partial charge in [-0.15, -0.1) is 0 Å². The van der Waals surface area contributed by atoms with E-state index in [2.05, 4.69) is 46.9 Å². The summed E-state index contributed by atoms with van der Waals surface area (Å²) >= 11 is 0. The lowest BCUT2D eigenvalue weighted by molar-refractivity contribution is -0.141. The minimum absolute atomic E-state index is 0.0521. The number of carboxylic acid groups (broad SMARTS) is 1. The van der Waals surface area contributed by atoms with E-state index in [4.69, 9.17) is 26.0 Å². The summed E-state index contributed by atoms with van der Waals surface area (Å²) in [4.78, 5) is 51.6. The summed E-state index contributed by atoms with van der Waals surface area (Å²) in [6.07, 6.45) is 6.93. The Labute approximate surface area is 246 Å². The van der Waals surface area contributed by atoms with E-state index in [1.54, 1.807) is 12.1 Å². The fraction of sp³-hybridized carbons (Fsp3) is 0.536. The second kappa shape index (κ2) is 22.4. The van der Waals surface area contributed by atoms with Gasteiger partial charge in [0.05, 0.1) is 7.11 Å². The third-order valence-electron chi connectivity index (χ3n) is 5.44. The highest BCUT2D eigenvalue weighted by atomic mass is 16.6. The number of guanidine groups is 1. The van der Waals surface area contributed by atoms with Crippen molar-refractivity contribution in [1.82, 2.24) is 16.0 Å². The number of methoxy groups -OCH3 is 1. The quantitative estimate of drug-likeness (QED) is 0.0559. The van der Waals surface area contributed by atoms with Crippen LogP contribution in [0.4, 0.5) is 4.79 Å². The zero-order chi connectivity index (χ0) is 31.9. The first-order valence-corrected chi connectivity index (χ1v) is 13.6. The van der Waals surface area contributed by atoms with Crippen LogP contribution < -0.4 is 36.9 Å². The summed E-state index contributed by atoms with van der Waals surface area (Å²) in [6, 6.07) is 3.65. The number of rotatable bonds is 18. The number of ether oxygens (including phenoxy) is 2. The molecule has 0 fully saturated rings. The highest BCUT2D eigenvalue weighted by Crippen LogP contribution is 2.28. The Bertz CT molecular complexity index is 1040. The van der Waals surface area contributed by atoms with E-state index in [1.807, 2.05) is 0 Å². The fourth-order valence-electron chi connectivity index (χ4n) is 3.41. The highest BCUT2D eigenvalue weighted by Gasteiger charge is 2.20. The maximum atomic E-state index is 12.2. The van der Waals surface area contributed by atoms with Crippen LogP contribution in [0.5, 0.6) is 11.5 Å². The van der Waals surface area contributed by atoms with E-state index in [1.165, 1.54) is 13.2 Å². The standard InChI is InChI=1S/C27H42N6O7.CH4O/c1-18(2)9-6-4-5-7-11-23(34)31-16-19-12-13-21(22(15-19)39-3)40-27(38)32-17-24(35)33-20(25(36)37)10-8-14-30-26(28)29;1-2/h6,9,12-13,15,18,20H,4-5,7-8,10-11,14,16-17H2,1-3H3,(H,31,34)(H,32,38)(H,33,35)(H,36,37)(H4,28,29,30);2H,1H3/b9-6+;. The van der Waals surface area contributed by atoms with E-state index in [0.29, 0.717) is 18.8 Å².